The summed E-state index contributed by atoms with van der Waals surface area (Å²) in [6, 6.07) is 20.6. The molecular weight excluding hydrogens is 474 g/mol. The van der Waals surface area contributed by atoms with Crippen LogP contribution in [0.1, 0.15) is 10.4 Å². The predicted molar refractivity (Wildman–Crippen MR) is 133 cm³/mol. The summed E-state index contributed by atoms with van der Waals surface area (Å²) in [5, 5.41) is 3.76. The van der Waals surface area contributed by atoms with Crippen molar-refractivity contribution in [1.82, 2.24) is 14.9 Å². The van der Waals surface area contributed by atoms with Gasteiger partial charge in [-0.05, 0) is 30.3 Å². The third-order valence-electron chi connectivity index (χ3n) is 5.00. The number of Topliss-reactive ketones (excluding diaryl/α,β-unsaturated/α-hetero) is 1. The number of ketones is 1. The molecule has 0 atom stereocenters. The van der Waals surface area contributed by atoms with Crippen LogP contribution in [0.3, 0.4) is 0 Å². The van der Waals surface area contributed by atoms with Crippen molar-refractivity contribution >= 4 is 46.0 Å². The molecule has 34 heavy (non-hydrogen) atoms. The van der Waals surface area contributed by atoms with Gasteiger partial charge < -0.3 is 10.1 Å². The SMILES string of the molecule is COc1ccccc1-n1c(SCC(=O)NCC(=O)c2ccccc2)nc2cc(Cl)ccc2c1=O. The van der Waals surface area contributed by atoms with Crippen molar-refractivity contribution in [2.24, 2.45) is 0 Å². The topological polar surface area (TPSA) is 90.3 Å². The van der Waals surface area contributed by atoms with E-state index in [1.165, 1.54) is 11.7 Å². The van der Waals surface area contributed by atoms with Crippen LogP contribution in [0.15, 0.2) is 82.7 Å². The molecule has 172 valence electrons. The van der Waals surface area contributed by atoms with Gasteiger partial charge in [0.2, 0.25) is 5.91 Å². The molecule has 0 saturated carbocycles. The van der Waals surface area contributed by atoms with Crippen LogP contribution in [0.5, 0.6) is 5.75 Å². The van der Waals surface area contributed by atoms with Crippen molar-refractivity contribution in [2.75, 3.05) is 19.4 Å². The lowest BCUT2D eigenvalue weighted by molar-refractivity contribution is -0.118. The Morgan fingerprint density at radius 2 is 1.79 bits per heavy atom. The predicted octanol–water partition coefficient (Wildman–Crippen LogP) is 4.14. The number of hydrogen-bond donors (Lipinski definition) is 1. The van der Waals surface area contributed by atoms with E-state index in [0.29, 0.717) is 38.1 Å². The first-order valence-electron chi connectivity index (χ1n) is 10.3. The first-order valence-corrected chi connectivity index (χ1v) is 11.7. The molecule has 0 saturated heterocycles. The van der Waals surface area contributed by atoms with E-state index in [1.54, 1.807) is 66.7 Å². The summed E-state index contributed by atoms with van der Waals surface area (Å²) in [5.41, 5.74) is 1.13. The van der Waals surface area contributed by atoms with E-state index >= 15 is 0 Å². The van der Waals surface area contributed by atoms with Gasteiger partial charge in [0.15, 0.2) is 10.9 Å². The van der Waals surface area contributed by atoms with Gasteiger partial charge >= 0.3 is 0 Å². The van der Waals surface area contributed by atoms with Crippen molar-refractivity contribution in [3.05, 3.63) is 93.7 Å². The molecule has 0 unspecified atom stereocenters. The minimum atomic E-state index is -0.360. The number of carbonyl (C=O) groups is 2. The molecule has 1 amide bonds. The van der Waals surface area contributed by atoms with Gasteiger partial charge in [-0.15, -0.1) is 0 Å². The monoisotopic (exact) mass is 493 g/mol. The Labute approximate surface area is 204 Å². The molecule has 7 nitrogen and oxygen atoms in total. The van der Waals surface area contributed by atoms with Gasteiger partial charge in [-0.1, -0.05) is 65.8 Å². The quantitative estimate of drug-likeness (QED) is 0.225. The summed E-state index contributed by atoms with van der Waals surface area (Å²) in [6.07, 6.45) is 0. The van der Waals surface area contributed by atoms with Crippen LogP contribution in [-0.2, 0) is 4.79 Å². The maximum Gasteiger partial charge on any atom is 0.266 e. The zero-order chi connectivity index (χ0) is 24.1. The van der Waals surface area contributed by atoms with E-state index in [2.05, 4.69) is 10.3 Å². The zero-order valence-corrected chi connectivity index (χ0v) is 19.7. The standard InChI is InChI=1S/C25H20ClN3O4S/c1-33-22-10-6-5-9-20(22)29-24(32)18-12-11-17(26)13-19(18)28-25(29)34-15-23(31)27-14-21(30)16-7-3-2-4-8-16/h2-13H,14-15H2,1H3,(H,27,31). The summed E-state index contributed by atoms with van der Waals surface area (Å²) in [4.78, 5) is 42.7. The first kappa shape index (κ1) is 23.5. The molecule has 1 heterocycles. The van der Waals surface area contributed by atoms with Gasteiger partial charge in [0.05, 0.1) is 36.0 Å². The number of thioether (sulfide) groups is 1. The number of nitrogens with zero attached hydrogens (tertiary/aromatic N) is 2. The Bertz CT molecular complexity index is 1420. The minimum Gasteiger partial charge on any atom is -0.495 e. The van der Waals surface area contributed by atoms with Crippen LogP contribution in [0.4, 0.5) is 0 Å². The number of aromatic nitrogens is 2. The van der Waals surface area contributed by atoms with Crippen molar-refractivity contribution in [1.29, 1.82) is 0 Å². The van der Waals surface area contributed by atoms with Crippen LogP contribution in [0.25, 0.3) is 16.6 Å². The van der Waals surface area contributed by atoms with Crippen LogP contribution < -0.4 is 15.6 Å². The number of rotatable bonds is 8. The number of halogens is 1. The van der Waals surface area contributed by atoms with Crippen molar-refractivity contribution in [2.45, 2.75) is 5.16 Å². The summed E-state index contributed by atoms with van der Waals surface area (Å²) in [6.45, 7) is -0.122. The van der Waals surface area contributed by atoms with E-state index in [4.69, 9.17) is 16.3 Å². The van der Waals surface area contributed by atoms with E-state index < -0.39 is 0 Å². The van der Waals surface area contributed by atoms with Gasteiger partial charge in [-0.2, -0.15) is 0 Å². The molecule has 0 aliphatic heterocycles. The summed E-state index contributed by atoms with van der Waals surface area (Å²) < 4.78 is 6.86. The lowest BCUT2D eigenvalue weighted by atomic mass is 10.1. The molecule has 3 aromatic carbocycles. The Kier molecular flexibility index (Phi) is 7.30. The lowest BCUT2D eigenvalue weighted by Gasteiger charge is -2.15. The second-order valence-electron chi connectivity index (χ2n) is 7.22. The summed E-state index contributed by atoms with van der Waals surface area (Å²) in [5.74, 6) is -0.112. The Balaban J connectivity index is 1.61. The molecule has 1 N–H and O–H groups in total. The maximum atomic E-state index is 13.4. The number of amides is 1. The molecular formula is C25H20ClN3O4S. The highest BCUT2D eigenvalue weighted by Crippen LogP contribution is 2.27. The Morgan fingerprint density at radius 3 is 2.56 bits per heavy atom. The number of nitrogens with one attached hydrogen (secondary N) is 1. The molecule has 0 aliphatic rings. The van der Waals surface area contributed by atoms with Gasteiger partial charge in [-0.3, -0.25) is 19.0 Å². The molecule has 1 aromatic heterocycles. The summed E-state index contributed by atoms with van der Waals surface area (Å²) >= 11 is 7.19. The van der Waals surface area contributed by atoms with Crippen LogP contribution >= 0.6 is 23.4 Å². The fourth-order valence-corrected chi connectivity index (χ4v) is 4.35. The largest absolute Gasteiger partial charge is 0.495 e. The molecule has 0 spiro atoms. The molecule has 0 fully saturated rings. The number of para-hydroxylation sites is 2. The van der Waals surface area contributed by atoms with E-state index in [9.17, 15) is 14.4 Å². The third kappa shape index (κ3) is 5.13. The van der Waals surface area contributed by atoms with E-state index in [-0.39, 0.29) is 29.5 Å². The zero-order valence-electron chi connectivity index (χ0n) is 18.2. The molecule has 4 rings (SSSR count). The highest BCUT2D eigenvalue weighted by Gasteiger charge is 2.18. The van der Waals surface area contributed by atoms with Crippen molar-refractivity contribution in [3.63, 3.8) is 0 Å². The number of benzene rings is 3. The first-order chi connectivity index (χ1) is 16.5. The second-order valence-corrected chi connectivity index (χ2v) is 8.60. The highest BCUT2D eigenvalue weighted by molar-refractivity contribution is 7.99. The van der Waals surface area contributed by atoms with Crippen molar-refractivity contribution < 1.29 is 14.3 Å². The van der Waals surface area contributed by atoms with Crippen LogP contribution in [0.2, 0.25) is 5.02 Å². The normalized spacial score (nSPS) is 10.8. The fraction of sp³-hybridized carbons (Fsp3) is 0.120. The lowest BCUT2D eigenvalue weighted by Crippen LogP contribution is -2.31. The fourth-order valence-electron chi connectivity index (χ4n) is 3.35. The highest BCUT2D eigenvalue weighted by atomic mass is 35.5. The van der Waals surface area contributed by atoms with Crippen LogP contribution in [0, 0.1) is 0 Å². The average molecular weight is 494 g/mol. The molecule has 9 heteroatoms. The van der Waals surface area contributed by atoms with Gasteiger partial charge in [0.1, 0.15) is 5.75 Å². The number of ether oxygens (including phenoxy) is 1. The Hall–Kier alpha value is -3.62. The molecule has 0 aliphatic carbocycles. The Morgan fingerprint density at radius 1 is 1.06 bits per heavy atom. The van der Waals surface area contributed by atoms with Gasteiger partial charge in [-0.25, -0.2) is 4.98 Å². The third-order valence-corrected chi connectivity index (χ3v) is 6.17. The second kappa shape index (κ2) is 10.5. The molecule has 0 bridgehead atoms. The molecule has 4 aromatic rings. The van der Waals surface area contributed by atoms with E-state index in [1.807, 2.05) is 6.07 Å². The number of hydrogen-bond acceptors (Lipinski definition) is 6. The van der Waals surface area contributed by atoms with Gasteiger partial charge in [0, 0.05) is 10.6 Å². The number of fused-ring (bicyclic) bond motifs is 1. The molecule has 0 radical (unpaired) electrons. The van der Waals surface area contributed by atoms with E-state index in [0.717, 1.165) is 11.8 Å². The van der Waals surface area contributed by atoms with Crippen LogP contribution in [-0.4, -0.2) is 40.6 Å². The number of methoxy groups -OCH3 is 1. The smallest absolute Gasteiger partial charge is 0.266 e. The number of carbonyl (C=O) groups excluding carboxylic acids is 2. The maximum absolute atomic E-state index is 13.4. The summed E-state index contributed by atoms with van der Waals surface area (Å²) in [7, 11) is 1.52. The van der Waals surface area contributed by atoms with Crippen molar-refractivity contribution in [3.8, 4) is 11.4 Å². The minimum absolute atomic E-state index is 0.0459. The van der Waals surface area contributed by atoms with Gasteiger partial charge in [0.25, 0.3) is 5.56 Å². The average Bonchev–Trinajstić information content (AvgIpc) is 2.86.